The minimum absolute atomic E-state index is 0.601. The van der Waals surface area contributed by atoms with E-state index in [0.717, 1.165) is 11.9 Å². The van der Waals surface area contributed by atoms with Gasteiger partial charge in [0.25, 0.3) is 0 Å². The molecule has 0 N–H and O–H groups in total. The second-order valence-electron chi connectivity index (χ2n) is 8.34. The molecule has 5 aromatic rings. The van der Waals surface area contributed by atoms with Crippen LogP contribution in [-0.4, -0.2) is 4.98 Å². The Bertz CT molecular complexity index is 1370. The van der Waals surface area contributed by atoms with Crippen LogP contribution < -0.4 is 0 Å². The van der Waals surface area contributed by atoms with Crippen molar-refractivity contribution in [2.75, 3.05) is 0 Å². The lowest BCUT2D eigenvalue weighted by atomic mass is 9.77. The molecule has 1 atom stereocenters. The molecule has 0 aliphatic heterocycles. The van der Waals surface area contributed by atoms with Gasteiger partial charge in [-0.05, 0) is 88.0 Å². The minimum Gasteiger partial charge on any atom is -0.256 e. The summed E-state index contributed by atoms with van der Waals surface area (Å²) in [4.78, 5) is 4.46. The predicted molar refractivity (Wildman–Crippen MR) is 123 cm³/mol. The highest BCUT2D eigenvalue weighted by Crippen LogP contribution is 2.39. The standard InChI is InChI=1S/C28H23N/c1-2-8-23-20(5-1)11-12-27-25-9-3-6-21(24(25)13-14-26(23)27)17-19-10-15-28-22(18-19)7-4-16-29-28/h1-2,4-5,7-8,10-16,18,21H,3,6,9,17H2. The van der Waals surface area contributed by atoms with Crippen LogP contribution in [-0.2, 0) is 12.8 Å². The van der Waals surface area contributed by atoms with Gasteiger partial charge in [-0.25, -0.2) is 0 Å². The molecule has 0 spiro atoms. The fourth-order valence-corrected chi connectivity index (χ4v) is 5.26. The van der Waals surface area contributed by atoms with Gasteiger partial charge in [0.05, 0.1) is 5.52 Å². The van der Waals surface area contributed by atoms with E-state index in [1.54, 1.807) is 11.1 Å². The normalized spacial score (nSPS) is 16.3. The molecular formula is C28H23N. The van der Waals surface area contributed by atoms with Crippen LogP contribution in [0.3, 0.4) is 0 Å². The lowest BCUT2D eigenvalue weighted by molar-refractivity contribution is 0.553. The molecule has 1 heterocycles. The largest absolute Gasteiger partial charge is 0.256 e. The van der Waals surface area contributed by atoms with Gasteiger partial charge in [0.1, 0.15) is 0 Å². The molecule has 0 bridgehead atoms. The molecule has 1 aliphatic carbocycles. The third kappa shape index (κ3) is 2.81. The molecule has 1 heteroatoms. The van der Waals surface area contributed by atoms with E-state index < -0.39 is 0 Å². The van der Waals surface area contributed by atoms with Gasteiger partial charge in [-0.3, -0.25) is 4.98 Å². The molecule has 0 radical (unpaired) electrons. The Labute approximate surface area is 171 Å². The first-order valence-electron chi connectivity index (χ1n) is 10.6. The molecule has 0 saturated heterocycles. The maximum Gasteiger partial charge on any atom is 0.0702 e. The SMILES string of the molecule is c1cnc2ccc(CC3CCCc4c3ccc3c4ccc4ccccc43)cc2c1. The van der Waals surface area contributed by atoms with Crippen LogP contribution in [0.1, 0.15) is 35.4 Å². The summed E-state index contributed by atoms with van der Waals surface area (Å²) in [6.45, 7) is 0. The van der Waals surface area contributed by atoms with E-state index in [4.69, 9.17) is 0 Å². The molecule has 4 aromatic carbocycles. The van der Waals surface area contributed by atoms with Gasteiger partial charge in [-0.2, -0.15) is 0 Å². The van der Waals surface area contributed by atoms with E-state index in [1.807, 2.05) is 12.3 Å². The Morgan fingerprint density at radius 1 is 0.759 bits per heavy atom. The number of aryl methyl sites for hydroxylation is 1. The summed E-state index contributed by atoms with van der Waals surface area (Å²) >= 11 is 0. The van der Waals surface area contributed by atoms with Crippen molar-refractivity contribution in [1.29, 1.82) is 0 Å². The van der Waals surface area contributed by atoms with E-state index in [1.165, 1.54) is 51.8 Å². The number of pyridine rings is 1. The topological polar surface area (TPSA) is 12.9 Å². The van der Waals surface area contributed by atoms with Crippen molar-refractivity contribution in [3.05, 3.63) is 102 Å². The van der Waals surface area contributed by atoms with Crippen LogP contribution in [0.2, 0.25) is 0 Å². The van der Waals surface area contributed by atoms with Gasteiger partial charge in [-0.1, -0.05) is 60.7 Å². The van der Waals surface area contributed by atoms with Crippen molar-refractivity contribution in [2.24, 2.45) is 0 Å². The van der Waals surface area contributed by atoms with Gasteiger partial charge >= 0.3 is 0 Å². The zero-order chi connectivity index (χ0) is 19.2. The molecular weight excluding hydrogens is 350 g/mol. The van der Waals surface area contributed by atoms with E-state index >= 15 is 0 Å². The number of fused-ring (bicyclic) bond motifs is 6. The fourth-order valence-electron chi connectivity index (χ4n) is 5.26. The van der Waals surface area contributed by atoms with Crippen molar-refractivity contribution in [2.45, 2.75) is 31.6 Å². The maximum absolute atomic E-state index is 4.46. The van der Waals surface area contributed by atoms with Crippen molar-refractivity contribution < 1.29 is 0 Å². The molecule has 140 valence electrons. The number of aromatic nitrogens is 1. The van der Waals surface area contributed by atoms with Gasteiger partial charge in [0.15, 0.2) is 0 Å². The van der Waals surface area contributed by atoms with Crippen LogP contribution in [0.15, 0.2) is 85.1 Å². The Morgan fingerprint density at radius 3 is 2.66 bits per heavy atom. The number of rotatable bonds is 2. The van der Waals surface area contributed by atoms with E-state index in [0.29, 0.717) is 5.92 Å². The monoisotopic (exact) mass is 373 g/mol. The highest BCUT2D eigenvalue weighted by Gasteiger charge is 2.22. The summed E-state index contributed by atoms with van der Waals surface area (Å²) in [7, 11) is 0. The minimum atomic E-state index is 0.601. The third-order valence-corrected chi connectivity index (χ3v) is 6.64. The summed E-state index contributed by atoms with van der Waals surface area (Å²) in [5.74, 6) is 0.601. The van der Waals surface area contributed by atoms with Crippen LogP contribution >= 0.6 is 0 Å². The highest BCUT2D eigenvalue weighted by atomic mass is 14.6. The fraction of sp³-hybridized carbons (Fsp3) is 0.179. The second kappa shape index (κ2) is 6.70. The Kier molecular flexibility index (Phi) is 3.87. The average molecular weight is 373 g/mol. The maximum atomic E-state index is 4.46. The quantitative estimate of drug-likeness (QED) is 0.298. The summed E-state index contributed by atoms with van der Waals surface area (Å²) in [5.41, 5.74) is 5.64. The van der Waals surface area contributed by atoms with Crippen LogP contribution in [0.5, 0.6) is 0 Å². The third-order valence-electron chi connectivity index (χ3n) is 6.64. The molecule has 1 aliphatic rings. The number of benzene rings is 4. The van der Waals surface area contributed by atoms with Gasteiger partial charge in [-0.15, -0.1) is 0 Å². The Hall–Kier alpha value is -3.19. The molecule has 1 unspecified atom stereocenters. The lowest BCUT2D eigenvalue weighted by Crippen LogP contribution is -2.12. The molecule has 29 heavy (non-hydrogen) atoms. The van der Waals surface area contributed by atoms with Crippen molar-refractivity contribution in [1.82, 2.24) is 4.98 Å². The van der Waals surface area contributed by atoms with Crippen molar-refractivity contribution >= 4 is 32.4 Å². The van der Waals surface area contributed by atoms with Crippen LogP contribution in [0.25, 0.3) is 32.4 Å². The van der Waals surface area contributed by atoms with E-state index in [-0.39, 0.29) is 0 Å². The van der Waals surface area contributed by atoms with Gasteiger partial charge < -0.3 is 0 Å². The smallest absolute Gasteiger partial charge is 0.0702 e. The Balaban J connectivity index is 1.44. The molecule has 0 amide bonds. The number of hydrogen-bond acceptors (Lipinski definition) is 1. The van der Waals surface area contributed by atoms with Crippen molar-refractivity contribution in [3.8, 4) is 0 Å². The first kappa shape index (κ1) is 16.7. The first-order chi connectivity index (χ1) is 14.4. The van der Waals surface area contributed by atoms with E-state index in [9.17, 15) is 0 Å². The highest BCUT2D eigenvalue weighted by molar-refractivity contribution is 6.08. The Morgan fingerprint density at radius 2 is 1.66 bits per heavy atom. The molecule has 6 rings (SSSR count). The number of nitrogens with zero attached hydrogens (tertiary/aromatic N) is 1. The summed E-state index contributed by atoms with van der Waals surface area (Å²) in [6, 6.07) is 29.1. The second-order valence-corrected chi connectivity index (χ2v) is 8.34. The van der Waals surface area contributed by atoms with Crippen LogP contribution in [0.4, 0.5) is 0 Å². The van der Waals surface area contributed by atoms with Gasteiger partial charge in [0.2, 0.25) is 0 Å². The lowest BCUT2D eigenvalue weighted by Gasteiger charge is -2.27. The molecule has 0 fully saturated rings. The molecule has 1 aromatic heterocycles. The summed E-state index contributed by atoms with van der Waals surface area (Å²) < 4.78 is 0. The summed E-state index contributed by atoms with van der Waals surface area (Å²) in [6.07, 6.45) is 6.73. The first-order valence-corrected chi connectivity index (χ1v) is 10.6. The van der Waals surface area contributed by atoms with E-state index in [2.05, 4.69) is 77.8 Å². The summed E-state index contributed by atoms with van der Waals surface area (Å²) in [5, 5.41) is 6.80. The van der Waals surface area contributed by atoms with Crippen molar-refractivity contribution in [3.63, 3.8) is 0 Å². The number of hydrogen-bond donors (Lipinski definition) is 0. The van der Waals surface area contributed by atoms with Crippen LogP contribution in [0, 0.1) is 0 Å². The molecule has 1 nitrogen and oxygen atoms in total. The zero-order valence-electron chi connectivity index (χ0n) is 16.4. The molecule has 0 saturated carbocycles. The zero-order valence-corrected chi connectivity index (χ0v) is 16.4. The van der Waals surface area contributed by atoms with Gasteiger partial charge in [0, 0.05) is 11.6 Å². The predicted octanol–water partition coefficient (Wildman–Crippen LogP) is 7.20. The average Bonchev–Trinajstić information content (AvgIpc) is 2.79.